The number of benzene rings is 1. The Balaban J connectivity index is 2.45. The highest BCUT2D eigenvalue weighted by atomic mass is 32.1. The number of fused-ring (bicyclic) bond motifs is 1. The number of aryl methyl sites for hydroxylation is 1. The van der Waals surface area contributed by atoms with E-state index in [-0.39, 0.29) is 5.54 Å². The molecule has 1 aromatic carbocycles. The smallest absolute Gasteiger partial charge is 0.171 e. The molecule has 0 saturated carbocycles. The molecule has 1 aromatic heterocycles. The van der Waals surface area contributed by atoms with Gasteiger partial charge in [0.05, 0.1) is 30.6 Å². The lowest BCUT2D eigenvalue weighted by Crippen LogP contribution is -2.45. The summed E-state index contributed by atoms with van der Waals surface area (Å²) in [6.45, 7) is 14.7. The molecule has 0 saturated heterocycles. The van der Waals surface area contributed by atoms with Crippen molar-refractivity contribution in [2.75, 3.05) is 13.7 Å². The van der Waals surface area contributed by atoms with Crippen molar-refractivity contribution in [1.29, 1.82) is 0 Å². The molecule has 140 valence electrons. The van der Waals surface area contributed by atoms with Crippen molar-refractivity contribution in [2.45, 2.75) is 40.2 Å². The van der Waals surface area contributed by atoms with E-state index in [1.54, 1.807) is 7.11 Å². The Bertz CT molecular complexity index is 841. The molecule has 2 rings (SSSR count). The van der Waals surface area contributed by atoms with Gasteiger partial charge in [-0.15, -0.1) is 0 Å². The van der Waals surface area contributed by atoms with Crippen molar-refractivity contribution < 1.29 is 9.47 Å². The Labute approximate surface area is 160 Å². The highest BCUT2D eigenvalue weighted by molar-refractivity contribution is 7.80. The van der Waals surface area contributed by atoms with Crippen molar-refractivity contribution in [3.8, 4) is 11.5 Å². The van der Waals surface area contributed by atoms with Crippen LogP contribution < -0.4 is 20.1 Å². The van der Waals surface area contributed by atoms with Gasteiger partial charge in [0.2, 0.25) is 0 Å². The van der Waals surface area contributed by atoms with Crippen molar-refractivity contribution >= 4 is 33.9 Å². The van der Waals surface area contributed by atoms with Crippen molar-refractivity contribution in [2.24, 2.45) is 0 Å². The number of nitrogens with one attached hydrogen (secondary N) is 2. The molecule has 2 N–H and O–H groups in total. The standard InChI is InChI=1S/C20H27N3O2S/c1-8-25-17-11-15(13(3)21-19(26)23-20(4,5)6)22-18-12(2)16(24-7)10-9-14(17)18/h9-11H,3,8H2,1-2,4-7H3,(H2,21,23,26). The van der Waals surface area contributed by atoms with Gasteiger partial charge in [0, 0.05) is 22.6 Å². The van der Waals surface area contributed by atoms with Crippen LogP contribution in [0.25, 0.3) is 16.6 Å². The number of nitrogens with zero attached hydrogens (tertiary/aromatic N) is 1. The van der Waals surface area contributed by atoms with Gasteiger partial charge in [-0.3, -0.25) is 0 Å². The van der Waals surface area contributed by atoms with E-state index < -0.39 is 0 Å². The summed E-state index contributed by atoms with van der Waals surface area (Å²) < 4.78 is 11.2. The van der Waals surface area contributed by atoms with Crippen LogP contribution in [-0.4, -0.2) is 29.4 Å². The van der Waals surface area contributed by atoms with E-state index >= 15 is 0 Å². The van der Waals surface area contributed by atoms with E-state index in [4.69, 9.17) is 26.7 Å². The highest BCUT2D eigenvalue weighted by Crippen LogP contribution is 2.33. The number of ether oxygens (including phenoxy) is 2. The van der Waals surface area contributed by atoms with Gasteiger partial charge in [0.15, 0.2) is 5.11 Å². The third-order valence-electron chi connectivity index (χ3n) is 3.73. The molecule has 0 radical (unpaired) electrons. The molecule has 26 heavy (non-hydrogen) atoms. The van der Waals surface area contributed by atoms with Gasteiger partial charge in [-0.1, -0.05) is 6.58 Å². The van der Waals surface area contributed by atoms with Crippen LogP contribution in [0.5, 0.6) is 11.5 Å². The maximum absolute atomic E-state index is 5.83. The first-order valence-corrected chi connectivity index (χ1v) is 8.96. The summed E-state index contributed by atoms with van der Waals surface area (Å²) in [4.78, 5) is 4.77. The van der Waals surface area contributed by atoms with Crippen LogP contribution >= 0.6 is 12.2 Å². The van der Waals surface area contributed by atoms with Gasteiger partial charge >= 0.3 is 0 Å². The molecule has 0 aliphatic rings. The fourth-order valence-corrected chi connectivity index (χ4v) is 3.03. The van der Waals surface area contributed by atoms with Crippen LogP contribution in [0.1, 0.15) is 39.0 Å². The molecule has 0 aliphatic heterocycles. The molecule has 0 aliphatic carbocycles. The summed E-state index contributed by atoms with van der Waals surface area (Å²) >= 11 is 5.36. The van der Waals surface area contributed by atoms with E-state index in [0.29, 0.717) is 23.1 Å². The first kappa shape index (κ1) is 20.0. The predicted octanol–water partition coefficient (Wildman–Crippen LogP) is 4.18. The number of rotatable bonds is 5. The van der Waals surface area contributed by atoms with Crippen LogP contribution in [0.15, 0.2) is 24.8 Å². The molecule has 0 spiro atoms. The van der Waals surface area contributed by atoms with E-state index in [0.717, 1.165) is 28.0 Å². The number of hydrogen-bond donors (Lipinski definition) is 2. The normalized spacial score (nSPS) is 11.2. The number of hydrogen-bond acceptors (Lipinski definition) is 4. The molecule has 0 amide bonds. The highest BCUT2D eigenvalue weighted by Gasteiger charge is 2.16. The van der Waals surface area contributed by atoms with Crippen LogP contribution in [0.4, 0.5) is 0 Å². The van der Waals surface area contributed by atoms with E-state index in [9.17, 15) is 0 Å². The molecule has 5 nitrogen and oxygen atoms in total. The second-order valence-corrected chi connectivity index (χ2v) is 7.44. The van der Waals surface area contributed by atoms with Crippen LogP contribution in [0.3, 0.4) is 0 Å². The molecular formula is C20H27N3O2S. The third kappa shape index (κ3) is 4.64. The van der Waals surface area contributed by atoms with Crippen molar-refractivity contribution in [1.82, 2.24) is 15.6 Å². The van der Waals surface area contributed by atoms with Crippen LogP contribution in [-0.2, 0) is 0 Å². The van der Waals surface area contributed by atoms with Gasteiger partial charge in [-0.05, 0) is 59.0 Å². The largest absolute Gasteiger partial charge is 0.496 e. The molecule has 0 bridgehead atoms. The first-order valence-electron chi connectivity index (χ1n) is 8.56. The average Bonchev–Trinajstić information content (AvgIpc) is 2.53. The zero-order valence-corrected chi connectivity index (χ0v) is 17.1. The van der Waals surface area contributed by atoms with Crippen molar-refractivity contribution in [3.63, 3.8) is 0 Å². The van der Waals surface area contributed by atoms with Crippen molar-refractivity contribution in [3.05, 3.63) is 36.0 Å². The summed E-state index contributed by atoms with van der Waals surface area (Å²) in [6.07, 6.45) is 0. The molecule has 1 heterocycles. The average molecular weight is 374 g/mol. The lowest BCUT2D eigenvalue weighted by Gasteiger charge is -2.23. The lowest BCUT2D eigenvalue weighted by molar-refractivity contribution is 0.344. The minimum Gasteiger partial charge on any atom is -0.496 e. The summed E-state index contributed by atoms with van der Waals surface area (Å²) in [5.41, 5.74) is 2.92. The van der Waals surface area contributed by atoms with Gasteiger partial charge in [0.1, 0.15) is 11.5 Å². The number of pyridine rings is 1. The third-order valence-corrected chi connectivity index (χ3v) is 3.93. The maximum atomic E-state index is 5.83. The molecule has 2 aromatic rings. The second kappa shape index (κ2) is 7.91. The maximum Gasteiger partial charge on any atom is 0.171 e. The summed E-state index contributed by atoms with van der Waals surface area (Å²) in [6, 6.07) is 5.77. The van der Waals surface area contributed by atoms with Crippen LogP contribution in [0.2, 0.25) is 0 Å². The van der Waals surface area contributed by atoms with E-state index in [1.165, 1.54) is 0 Å². The minimum absolute atomic E-state index is 0.137. The van der Waals surface area contributed by atoms with E-state index in [1.807, 2.05) is 52.8 Å². The number of methoxy groups -OCH3 is 1. The minimum atomic E-state index is -0.137. The van der Waals surface area contributed by atoms with Gasteiger partial charge in [-0.25, -0.2) is 4.98 Å². The lowest BCUT2D eigenvalue weighted by atomic mass is 10.1. The van der Waals surface area contributed by atoms with Gasteiger partial charge in [0.25, 0.3) is 0 Å². The Morgan fingerprint density at radius 1 is 1.27 bits per heavy atom. The fourth-order valence-electron chi connectivity index (χ4n) is 2.60. The molecule has 0 atom stereocenters. The topological polar surface area (TPSA) is 55.4 Å². The monoisotopic (exact) mass is 373 g/mol. The van der Waals surface area contributed by atoms with Gasteiger partial charge in [-0.2, -0.15) is 0 Å². The zero-order valence-electron chi connectivity index (χ0n) is 16.3. The summed E-state index contributed by atoms with van der Waals surface area (Å²) in [5.74, 6) is 1.55. The van der Waals surface area contributed by atoms with E-state index in [2.05, 4.69) is 17.2 Å². The predicted molar refractivity (Wildman–Crippen MR) is 112 cm³/mol. The second-order valence-electron chi connectivity index (χ2n) is 7.04. The Kier molecular flexibility index (Phi) is 6.08. The Hall–Kier alpha value is -2.34. The summed E-state index contributed by atoms with van der Waals surface area (Å²) in [5, 5.41) is 7.76. The zero-order chi connectivity index (χ0) is 19.5. The van der Waals surface area contributed by atoms with Gasteiger partial charge < -0.3 is 20.1 Å². The van der Waals surface area contributed by atoms with Crippen LogP contribution in [0, 0.1) is 6.92 Å². The molecule has 0 fully saturated rings. The SMILES string of the molecule is C=C(NC(=S)NC(C)(C)C)c1cc(OCC)c2ccc(OC)c(C)c2n1. The number of thiocarbonyl (C=S) groups is 1. The molecule has 6 heteroatoms. The Morgan fingerprint density at radius 2 is 1.96 bits per heavy atom. The number of aromatic nitrogens is 1. The molecular weight excluding hydrogens is 346 g/mol. The quantitative estimate of drug-likeness (QED) is 0.767. The Morgan fingerprint density at radius 3 is 2.54 bits per heavy atom. The first-order chi connectivity index (χ1) is 12.2. The fraction of sp³-hybridized carbons (Fsp3) is 0.400. The summed E-state index contributed by atoms with van der Waals surface area (Å²) in [7, 11) is 1.65. The molecule has 0 unspecified atom stereocenters.